The summed E-state index contributed by atoms with van der Waals surface area (Å²) in [4.78, 5) is 15.0. The predicted octanol–water partition coefficient (Wildman–Crippen LogP) is 0.702. The number of carboxylic acids is 1. The molecule has 106 valence electrons. The van der Waals surface area contributed by atoms with Crippen LogP contribution in [0.4, 0.5) is 0 Å². The Morgan fingerprint density at radius 3 is 2.74 bits per heavy atom. The number of rotatable bonds is 4. The standard InChI is InChI=1S/C11H17N3O4S/c1-8(2)13-6-10(12-7-13)19(17,18)14-5-3-4-9(14)11(15)16/h6-9H,3-5H2,1-2H3,(H,15,16)/t9-/m0/s1. The number of hydrogen-bond donors (Lipinski definition) is 1. The van der Waals surface area contributed by atoms with E-state index in [-0.39, 0.29) is 17.6 Å². The van der Waals surface area contributed by atoms with Crippen molar-refractivity contribution in [1.29, 1.82) is 0 Å². The van der Waals surface area contributed by atoms with E-state index in [0.29, 0.717) is 12.8 Å². The highest BCUT2D eigenvalue weighted by molar-refractivity contribution is 7.89. The van der Waals surface area contributed by atoms with Crippen LogP contribution >= 0.6 is 0 Å². The molecule has 1 aromatic rings. The summed E-state index contributed by atoms with van der Waals surface area (Å²) < 4.78 is 27.5. The van der Waals surface area contributed by atoms with Crippen molar-refractivity contribution < 1.29 is 18.3 Å². The van der Waals surface area contributed by atoms with Gasteiger partial charge >= 0.3 is 5.97 Å². The van der Waals surface area contributed by atoms with Crippen LogP contribution in [0.3, 0.4) is 0 Å². The van der Waals surface area contributed by atoms with Gasteiger partial charge in [0.15, 0.2) is 5.03 Å². The molecule has 2 rings (SSSR count). The first-order valence-electron chi connectivity index (χ1n) is 6.12. The molecule has 0 unspecified atom stereocenters. The highest BCUT2D eigenvalue weighted by Crippen LogP contribution is 2.25. The minimum absolute atomic E-state index is 0.0886. The van der Waals surface area contributed by atoms with Crippen LogP contribution in [-0.4, -0.2) is 45.9 Å². The van der Waals surface area contributed by atoms with E-state index < -0.39 is 22.0 Å². The Morgan fingerprint density at radius 1 is 1.53 bits per heavy atom. The third-order valence-corrected chi connectivity index (χ3v) is 5.03. The summed E-state index contributed by atoms with van der Waals surface area (Å²) in [6.45, 7) is 4.05. The summed E-state index contributed by atoms with van der Waals surface area (Å²) >= 11 is 0. The number of hydrogen-bond acceptors (Lipinski definition) is 4. The monoisotopic (exact) mass is 287 g/mol. The van der Waals surface area contributed by atoms with Gasteiger partial charge in [-0.25, -0.2) is 13.4 Å². The predicted molar refractivity (Wildman–Crippen MR) is 67.2 cm³/mol. The third kappa shape index (κ3) is 2.50. The Labute approximate surface area is 111 Å². The number of nitrogens with zero attached hydrogens (tertiary/aromatic N) is 3. The molecule has 1 N–H and O–H groups in total. The Kier molecular flexibility index (Phi) is 3.64. The molecule has 1 aliphatic rings. The van der Waals surface area contributed by atoms with Gasteiger partial charge in [0.05, 0.1) is 6.33 Å². The molecule has 0 spiro atoms. The van der Waals surface area contributed by atoms with Crippen LogP contribution in [0.15, 0.2) is 17.6 Å². The molecule has 1 saturated heterocycles. The zero-order chi connectivity index (χ0) is 14.2. The fourth-order valence-corrected chi connectivity index (χ4v) is 3.70. The maximum absolute atomic E-state index is 12.4. The molecule has 0 aromatic carbocycles. The van der Waals surface area contributed by atoms with Gasteiger partial charge in [0.2, 0.25) is 0 Å². The van der Waals surface area contributed by atoms with Crippen LogP contribution < -0.4 is 0 Å². The molecule has 0 aliphatic carbocycles. The van der Waals surface area contributed by atoms with Gasteiger partial charge < -0.3 is 9.67 Å². The second kappa shape index (κ2) is 4.93. The van der Waals surface area contributed by atoms with E-state index in [0.717, 1.165) is 4.31 Å². The zero-order valence-electron chi connectivity index (χ0n) is 10.9. The van der Waals surface area contributed by atoms with Crippen molar-refractivity contribution in [2.75, 3.05) is 6.54 Å². The van der Waals surface area contributed by atoms with E-state index in [2.05, 4.69) is 4.98 Å². The molecule has 0 radical (unpaired) electrons. The van der Waals surface area contributed by atoms with Gasteiger partial charge in [-0.1, -0.05) is 0 Å². The van der Waals surface area contributed by atoms with Crippen molar-refractivity contribution in [3.05, 3.63) is 12.5 Å². The SMILES string of the molecule is CC(C)n1cnc(S(=O)(=O)N2CCC[C@H]2C(=O)O)c1. The van der Waals surface area contributed by atoms with Gasteiger partial charge in [-0.15, -0.1) is 0 Å². The van der Waals surface area contributed by atoms with Gasteiger partial charge in [-0.05, 0) is 26.7 Å². The molecule has 19 heavy (non-hydrogen) atoms. The molecular weight excluding hydrogens is 270 g/mol. The number of imidazole rings is 1. The van der Waals surface area contributed by atoms with E-state index in [4.69, 9.17) is 5.11 Å². The molecule has 0 saturated carbocycles. The largest absolute Gasteiger partial charge is 0.480 e. The van der Waals surface area contributed by atoms with Crippen molar-refractivity contribution in [2.45, 2.75) is 43.8 Å². The number of sulfonamides is 1. The van der Waals surface area contributed by atoms with E-state index in [1.165, 1.54) is 12.5 Å². The quantitative estimate of drug-likeness (QED) is 0.880. The topological polar surface area (TPSA) is 92.5 Å². The lowest BCUT2D eigenvalue weighted by molar-refractivity contribution is -0.140. The summed E-state index contributed by atoms with van der Waals surface area (Å²) in [7, 11) is -3.83. The van der Waals surface area contributed by atoms with Crippen molar-refractivity contribution >= 4 is 16.0 Å². The summed E-state index contributed by atoms with van der Waals surface area (Å²) in [6.07, 6.45) is 3.79. The number of carboxylic acid groups (broad SMARTS) is 1. The minimum Gasteiger partial charge on any atom is -0.480 e. The second-order valence-corrected chi connectivity index (χ2v) is 6.70. The normalized spacial score (nSPS) is 21.1. The molecular formula is C11H17N3O4S. The van der Waals surface area contributed by atoms with E-state index in [1.807, 2.05) is 13.8 Å². The maximum atomic E-state index is 12.4. The highest BCUT2D eigenvalue weighted by Gasteiger charge is 2.40. The second-order valence-electron chi connectivity index (χ2n) is 4.86. The molecule has 1 atom stereocenters. The molecule has 0 bridgehead atoms. The summed E-state index contributed by atoms with van der Waals surface area (Å²) in [5.41, 5.74) is 0. The Morgan fingerprint density at radius 2 is 2.21 bits per heavy atom. The average molecular weight is 287 g/mol. The van der Waals surface area contributed by atoms with Crippen molar-refractivity contribution in [2.24, 2.45) is 0 Å². The van der Waals surface area contributed by atoms with E-state index in [1.54, 1.807) is 4.57 Å². The molecule has 1 aromatic heterocycles. The van der Waals surface area contributed by atoms with Crippen LogP contribution in [0.2, 0.25) is 0 Å². The molecule has 8 heteroatoms. The zero-order valence-corrected chi connectivity index (χ0v) is 11.7. The van der Waals surface area contributed by atoms with Crippen LogP contribution in [0.1, 0.15) is 32.7 Å². The summed E-state index contributed by atoms with van der Waals surface area (Å²) in [6, 6.07) is -0.875. The first kappa shape index (κ1) is 14.0. The summed E-state index contributed by atoms with van der Waals surface area (Å²) in [5, 5.41) is 8.97. The number of carbonyl (C=O) groups is 1. The molecule has 0 amide bonds. The molecule has 2 heterocycles. The molecule has 7 nitrogen and oxygen atoms in total. The van der Waals surface area contributed by atoms with Gasteiger partial charge in [0.25, 0.3) is 10.0 Å². The lowest BCUT2D eigenvalue weighted by Crippen LogP contribution is -2.40. The number of aromatic nitrogens is 2. The Bertz CT molecular complexity index is 579. The van der Waals surface area contributed by atoms with E-state index in [9.17, 15) is 13.2 Å². The van der Waals surface area contributed by atoms with Crippen LogP contribution in [0, 0.1) is 0 Å². The van der Waals surface area contributed by atoms with Gasteiger partial charge in [-0.3, -0.25) is 4.79 Å². The maximum Gasteiger partial charge on any atom is 0.322 e. The Hall–Kier alpha value is -1.41. The lowest BCUT2D eigenvalue weighted by Gasteiger charge is -2.19. The number of aliphatic carboxylic acids is 1. The van der Waals surface area contributed by atoms with Gasteiger partial charge in [0.1, 0.15) is 6.04 Å². The molecule has 1 fully saturated rings. The third-order valence-electron chi connectivity index (χ3n) is 3.24. The fraction of sp³-hybridized carbons (Fsp3) is 0.636. The van der Waals surface area contributed by atoms with Crippen LogP contribution in [-0.2, 0) is 14.8 Å². The van der Waals surface area contributed by atoms with Crippen molar-refractivity contribution in [1.82, 2.24) is 13.9 Å². The van der Waals surface area contributed by atoms with Gasteiger partial charge in [-0.2, -0.15) is 4.31 Å². The van der Waals surface area contributed by atoms with E-state index >= 15 is 0 Å². The first-order chi connectivity index (χ1) is 8.84. The first-order valence-corrected chi connectivity index (χ1v) is 7.56. The average Bonchev–Trinajstić information content (AvgIpc) is 2.98. The van der Waals surface area contributed by atoms with Crippen LogP contribution in [0.5, 0.6) is 0 Å². The van der Waals surface area contributed by atoms with Crippen LogP contribution in [0.25, 0.3) is 0 Å². The van der Waals surface area contributed by atoms with Crippen molar-refractivity contribution in [3.63, 3.8) is 0 Å². The van der Waals surface area contributed by atoms with Gasteiger partial charge in [0, 0.05) is 18.8 Å². The minimum atomic E-state index is -3.83. The van der Waals surface area contributed by atoms with Crippen molar-refractivity contribution in [3.8, 4) is 0 Å². The smallest absolute Gasteiger partial charge is 0.322 e. The summed E-state index contributed by atoms with van der Waals surface area (Å²) in [5.74, 6) is -1.11. The fourth-order valence-electron chi connectivity index (χ4n) is 2.13. The lowest BCUT2D eigenvalue weighted by atomic mass is 10.2. The molecule has 1 aliphatic heterocycles. The Balaban J connectivity index is 2.33. The highest BCUT2D eigenvalue weighted by atomic mass is 32.2.